The van der Waals surface area contributed by atoms with Gasteiger partial charge in [-0.25, -0.2) is 8.42 Å². The van der Waals surface area contributed by atoms with Gasteiger partial charge in [-0.1, -0.05) is 0 Å². The first-order valence-electron chi connectivity index (χ1n) is 7.15. The molecule has 1 atom stereocenters. The molecule has 1 N–H and O–H groups in total. The van der Waals surface area contributed by atoms with Crippen molar-refractivity contribution in [3.05, 3.63) is 0 Å². The third kappa shape index (κ3) is 4.52. The van der Waals surface area contributed by atoms with Gasteiger partial charge in [0.2, 0.25) is 0 Å². The number of piperidine rings is 2. The molecule has 0 unspecified atom stereocenters. The number of nitrogens with zero attached hydrogens (tertiary/aromatic N) is 1. The Labute approximate surface area is 111 Å². The van der Waals surface area contributed by atoms with Gasteiger partial charge < -0.3 is 10.2 Å². The quantitative estimate of drug-likeness (QED) is 0.821. The fraction of sp³-hybridized carbons (Fsp3) is 1.00. The minimum Gasteiger partial charge on any atom is -0.317 e. The van der Waals surface area contributed by atoms with Crippen LogP contribution in [0.25, 0.3) is 0 Å². The predicted octanol–water partition coefficient (Wildman–Crippen LogP) is 0.743. The van der Waals surface area contributed by atoms with Gasteiger partial charge in [0.05, 0.1) is 5.75 Å². The standard InChI is InChI=1S/C13H26N2O2S/c1-18(16,17)10-9-15-8-2-3-13(11-15)12-4-6-14-7-5-12/h12-14H,2-11H2,1H3/t13-/m0/s1. The van der Waals surface area contributed by atoms with Crippen molar-refractivity contribution in [3.8, 4) is 0 Å². The molecule has 2 aliphatic heterocycles. The zero-order chi connectivity index (χ0) is 13.0. The van der Waals surface area contributed by atoms with Gasteiger partial charge in [-0.05, 0) is 57.2 Å². The van der Waals surface area contributed by atoms with Gasteiger partial charge in [0.1, 0.15) is 9.84 Å². The van der Waals surface area contributed by atoms with Crippen LogP contribution in [-0.4, -0.2) is 58.1 Å². The molecule has 0 aromatic heterocycles. The van der Waals surface area contributed by atoms with Crippen molar-refractivity contribution in [2.24, 2.45) is 11.8 Å². The molecule has 0 aromatic rings. The van der Waals surface area contributed by atoms with Gasteiger partial charge in [0, 0.05) is 19.3 Å². The first kappa shape index (κ1) is 14.3. The van der Waals surface area contributed by atoms with E-state index in [0.717, 1.165) is 44.6 Å². The minimum atomic E-state index is -2.82. The van der Waals surface area contributed by atoms with E-state index in [9.17, 15) is 8.42 Å². The molecule has 2 fully saturated rings. The average molecular weight is 274 g/mol. The van der Waals surface area contributed by atoms with E-state index in [1.54, 1.807) is 0 Å². The number of likely N-dealkylation sites (tertiary alicyclic amines) is 1. The molecule has 2 aliphatic rings. The predicted molar refractivity (Wildman–Crippen MR) is 74.5 cm³/mol. The Bertz CT molecular complexity index is 350. The zero-order valence-corrected chi connectivity index (χ0v) is 12.2. The normalized spacial score (nSPS) is 28.4. The smallest absolute Gasteiger partial charge is 0.148 e. The fourth-order valence-corrected chi connectivity index (χ4v) is 3.88. The summed E-state index contributed by atoms with van der Waals surface area (Å²) in [6.45, 7) is 5.23. The number of sulfone groups is 1. The van der Waals surface area contributed by atoms with Crippen molar-refractivity contribution in [1.82, 2.24) is 10.2 Å². The van der Waals surface area contributed by atoms with E-state index >= 15 is 0 Å². The third-order valence-corrected chi connectivity index (χ3v) is 5.29. The van der Waals surface area contributed by atoms with Crippen LogP contribution < -0.4 is 5.32 Å². The Morgan fingerprint density at radius 2 is 1.89 bits per heavy atom. The molecule has 18 heavy (non-hydrogen) atoms. The summed E-state index contributed by atoms with van der Waals surface area (Å²) in [5.41, 5.74) is 0. The van der Waals surface area contributed by atoms with Crippen LogP contribution in [0, 0.1) is 11.8 Å². The molecule has 0 aromatic carbocycles. The van der Waals surface area contributed by atoms with E-state index < -0.39 is 9.84 Å². The monoisotopic (exact) mass is 274 g/mol. The van der Waals surface area contributed by atoms with Crippen LogP contribution in [-0.2, 0) is 9.84 Å². The van der Waals surface area contributed by atoms with Crippen molar-refractivity contribution >= 4 is 9.84 Å². The van der Waals surface area contributed by atoms with Crippen molar-refractivity contribution in [3.63, 3.8) is 0 Å². The lowest BCUT2D eigenvalue weighted by molar-refractivity contribution is 0.123. The lowest BCUT2D eigenvalue weighted by atomic mass is 9.80. The molecule has 106 valence electrons. The Morgan fingerprint density at radius 3 is 2.56 bits per heavy atom. The highest BCUT2D eigenvalue weighted by Crippen LogP contribution is 2.29. The zero-order valence-electron chi connectivity index (χ0n) is 11.4. The second-order valence-electron chi connectivity index (χ2n) is 5.92. The molecule has 2 heterocycles. The molecule has 0 amide bonds. The summed E-state index contributed by atoms with van der Waals surface area (Å²) in [4.78, 5) is 2.36. The molecular formula is C13H26N2O2S. The van der Waals surface area contributed by atoms with Crippen LogP contribution >= 0.6 is 0 Å². The SMILES string of the molecule is CS(=O)(=O)CCN1CCC[C@H](C2CCNCC2)C1. The molecule has 5 heteroatoms. The molecule has 0 saturated carbocycles. The molecule has 0 aliphatic carbocycles. The maximum absolute atomic E-state index is 11.2. The van der Waals surface area contributed by atoms with Gasteiger partial charge in [0.15, 0.2) is 0 Å². The van der Waals surface area contributed by atoms with E-state index in [1.807, 2.05) is 0 Å². The second kappa shape index (κ2) is 6.35. The number of hydrogen-bond acceptors (Lipinski definition) is 4. The summed E-state index contributed by atoms with van der Waals surface area (Å²) in [6.07, 6.45) is 6.49. The van der Waals surface area contributed by atoms with Gasteiger partial charge >= 0.3 is 0 Å². The van der Waals surface area contributed by atoms with Gasteiger partial charge in [-0.3, -0.25) is 0 Å². The van der Waals surface area contributed by atoms with E-state index in [0.29, 0.717) is 5.75 Å². The lowest BCUT2D eigenvalue weighted by Gasteiger charge is -2.38. The van der Waals surface area contributed by atoms with Gasteiger partial charge in [-0.2, -0.15) is 0 Å². The molecule has 0 spiro atoms. The Hall–Kier alpha value is -0.130. The highest BCUT2D eigenvalue weighted by molar-refractivity contribution is 7.90. The maximum Gasteiger partial charge on any atom is 0.148 e. The van der Waals surface area contributed by atoms with E-state index in [2.05, 4.69) is 10.2 Å². The molecular weight excluding hydrogens is 248 g/mol. The summed E-state index contributed by atoms with van der Waals surface area (Å²) in [7, 11) is -2.82. The molecule has 2 saturated heterocycles. The van der Waals surface area contributed by atoms with E-state index in [-0.39, 0.29) is 0 Å². The molecule has 0 radical (unpaired) electrons. The van der Waals surface area contributed by atoms with Crippen LogP contribution in [0.3, 0.4) is 0 Å². The Balaban J connectivity index is 1.80. The van der Waals surface area contributed by atoms with Crippen molar-refractivity contribution < 1.29 is 8.42 Å². The van der Waals surface area contributed by atoms with Crippen LogP contribution in [0.15, 0.2) is 0 Å². The van der Waals surface area contributed by atoms with Crippen LogP contribution in [0.1, 0.15) is 25.7 Å². The average Bonchev–Trinajstić information content (AvgIpc) is 2.37. The Morgan fingerprint density at radius 1 is 1.17 bits per heavy atom. The topological polar surface area (TPSA) is 49.4 Å². The largest absolute Gasteiger partial charge is 0.317 e. The summed E-state index contributed by atoms with van der Waals surface area (Å²) < 4.78 is 22.4. The number of nitrogens with one attached hydrogen (secondary N) is 1. The van der Waals surface area contributed by atoms with Crippen molar-refractivity contribution in [1.29, 1.82) is 0 Å². The third-order valence-electron chi connectivity index (χ3n) is 4.37. The highest BCUT2D eigenvalue weighted by Gasteiger charge is 2.28. The van der Waals surface area contributed by atoms with Crippen LogP contribution in [0.4, 0.5) is 0 Å². The van der Waals surface area contributed by atoms with Gasteiger partial charge in [-0.15, -0.1) is 0 Å². The first-order valence-corrected chi connectivity index (χ1v) is 9.21. The highest BCUT2D eigenvalue weighted by atomic mass is 32.2. The number of rotatable bonds is 4. The molecule has 2 rings (SSSR count). The van der Waals surface area contributed by atoms with Crippen molar-refractivity contribution in [2.75, 3.05) is 44.7 Å². The van der Waals surface area contributed by atoms with Crippen LogP contribution in [0.5, 0.6) is 0 Å². The first-order chi connectivity index (χ1) is 8.54. The maximum atomic E-state index is 11.2. The van der Waals surface area contributed by atoms with E-state index in [4.69, 9.17) is 0 Å². The molecule has 4 nitrogen and oxygen atoms in total. The minimum absolute atomic E-state index is 0.311. The van der Waals surface area contributed by atoms with Crippen LogP contribution in [0.2, 0.25) is 0 Å². The fourth-order valence-electron chi connectivity index (χ4n) is 3.29. The number of hydrogen-bond donors (Lipinski definition) is 1. The molecule has 0 bridgehead atoms. The van der Waals surface area contributed by atoms with Crippen molar-refractivity contribution in [2.45, 2.75) is 25.7 Å². The summed E-state index contributed by atoms with van der Waals surface area (Å²) in [6, 6.07) is 0. The van der Waals surface area contributed by atoms with E-state index in [1.165, 1.54) is 31.9 Å². The summed E-state index contributed by atoms with van der Waals surface area (Å²) in [5.74, 6) is 1.96. The van der Waals surface area contributed by atoms with Gasteiger partial charge in [0.25, 0.3) is 0 Å². The summed E-state index contributed by atoms with van der Waals surface area (Å²) in [5, 5.41) is 3.42. The Kier molecular flexibility index (Phi) is 5.04. The second-order valence-corrected chi connectivity index (χ2v) is 8.18. The lowest BCUT2D eigenvalue weighted by Crippen LogP contribution is -2.42. The summed E-state index contributed by atoms with van der Waals surface area (Å²) >= 11 is 0.